The molecule has 1 atom stereocenters. The number of hydrogen-bond acceptors (Lipinski definition) is 6. The smallest absolute Gasteiger partial charge is 0.340 e. The molecule has 8 nitrogen and oxygen atoms in total. The van der Waals surface area contributed by atoms with Crippen LogP contribution < -0.4 is 20.1 Å². The molecule has 2 amide bonds. The average molecular weight is 426 g/mol. The van der Waals surface area contributed by atoms with Crippen molar-refractivity contribution in [3.63, 3.8) is 0 Å². The van der Waals surface area contributed by atoms with Gasteiger partial charge in [-0.1, -0.05) is 30.3 Å². The maximum atomic E-state index is 12.7. The highest BCUT2D eigenvalue weighted by Crippen LogP contribution is 2.41. The van der Waals surface area contributed by atoms with Crippen molar-refractivity contribution in [2.75, 3.05) is 26.1 Å². The van der Waals surface area contributed by atoms with Gasteiger partial charge in [0.2, 0.25) is 5.91 Å². The Morgan fingerprint density at radius 3 is 2.26 bits per heavy atom. The molecule has 0 heterocycles. The maximum Gasteiger partial charge on any atom is 0.340 e. The fourth-order valence-electron chi connectivity index (χ4n) is 3.33. The normalized spacial score (nSPS) is 13.6. The van der Waals surface area contributed by atoms with E-state index in [9.17, 15) is 14.4 Å². The zero-order valence-electron chi connectivity index (χ0n) is 17.8. The first-order valence-electron chi connectivity index (χ1n) is 9.98. The molecule has 1 aliphatic carbocycles. The van der Waals surface area contributed by atoms with Crippen molar-refractivity contribution in [2.24, 2.45) is 5.92 Å². The lowest BCUT2D eigenvalue weighted by Crippen LogP contribution is -2.33. The summed E-state index contributed by atoms with van der Waals surface area (Å²) in [7, 11) is 2.88. The van der Waals surface area contributed by atoms with E-state index in [2.05, 4.69) is 10.6 Å². The van der Waals surface area contributed by atoms with Crippen LogP contribution in [0.5, 0.6) is 11.5 Å². The highest BCUT2D eigenvalue weighted by molar-refractivity contribution is 6.02. The van der Waals surface area contributed by atoms with Crippen molar-refractivity contribution in [3.8, 4) is 11.5 Å². The predicted molar refractivity (Wildman–Crippen MR) is 114 cm³/mol. The summed E-state index contributed by atoms with van der Waals surface area (Å²) in [4.78, 5) is 36.7. The molecule has 0 spiro atoms. The summed E-state index contributed by atoms with van der Waals surface area (Å²) in [5.74, 6) is -0.492. The van der Waals surface area contributed by atoms with Crippen LogP contribution in [0.1, 0.15) is 41.7 Å². The van der Waals surface area contributed by atoms with E-state index in [1.165, 1.54) is 33.3 Å². The van der Waals surface area contributed by atoms with Crippen molar-refractivity contribution >= 4 is 23.5 Å². The largest absolute Gasteiger partial charge is 0.493 e. The number of methoxy groups -OCH3 is 2. The summed E-state index contributed by atoms with van der Waals surface area (Å²) in [6, 6.07) is 12.5. The number of hydrogen-bond donors (Lipinski definition) is 2. The highest BCUT2D eigenvalue weighted by Gasteiger charge is 2.33. The molecule has 0 radical (unpaired) electrons. The van der Waals surface area contributed by atoms with Crippen LogP contribution in [0.15, 0.2) is 42.5 Å². The third-order valence-electron chi connectivity index (χ3n) is 4.96. The first kappa shape index (κ1) is 22.1. The SMILES string of the molecule is COc1cc(NC(C)=O)c(C(=O)OCC(=O)NC(c2ccccc2)C2CC2)cc1OC. The van der Waals surface area contributed by atoms with Crippen LogP contribution >= 0.6 is 0 Å². The van der Waals surface area contributed by atoms with Crippen LogP contribution in [0.4, 0.5) is 5.69 Å². The molecule has 0 aliphatic heterocycles. The molecule has 1 fully saturated rings. The van der Waals surface area contributed by atoms with Gasteiger partial charge in [-0.05, 0) is 24.3 Å². The van der Waals surface area contributed by atoms with Gasteiger partial charge in [-0.15, -0.1) is 0 Å². The van der Waals surface area contributed by atoms with Gasteiger partial charge in [0.05, 0.1) is 31.5 Å². The van der Waals surface area contributed by atoms with Crippen LogP contribution in [0, 0.1) is 5.92 Å². The van der Waals surface area contributed by atoms with Crippen molar-refractivity contribution < 1.29 is 28.6 Å². The van der Waals surface area contributed by atoms with Crippen molar-refractivity contribution in [1.82, 2.24) is 5.32 Å². The number of carbonyl (C=O) groups is 3. The lowest BCUT2D eigenvalue weighted by Gasteiger charge is -2.19. The Morgan fingerprint density at radius 1 is 1.03 bits per heavy atom. The maximum absolute atomic E-state index is 12.7. The minimum absolute atomic E-state index is 0.0578. The highest BCUT2D eigenvalue weighted by atomic mass is 16.5. The second-order valence-corrected chi connectivity index (χ2v) is 7.30. The number of ether oxygens (including phenoxy) is 3. The Labute approximate surface area is 180 Å². The van der Waals surface area contributed by atoms with Gasteiger partial charge < -0.3 is 24.8 Å². The van der Waals surface area contributed by atoms with Gasteiger partial charge in [0.25, 0.3) is 5.91 Å². The van der Waals surface area contributed by atoms with E-state index in [-0.39, 0.29) is 23.2 Å². The standard InChI is InChI=1S/C23H26N2O6/c1-14(26)24-18-12-20(30-3)19(29-2)11-17(18)23(28)31-13-21(27)25-22(16-9-10-16)15-7-5-4-6-8-15/h4-8,11-12,16,22H,9-10,13H2,1-3H3,(H,24,26)(H,25,27). The molecule has 1 aliphatic rings. The summed E-state index contributed by atoms with van der Waals surface area (Å²) in [6.07, 6.45) is 2.09. The number of anilines is 1. The summed E-state index contributed by atoms with van der Waals surface area (Å²) in [5.41, 5.74) is 1.29. The van der Waals surface area contributed by atoms with Crippen LogP contribution in [0.25, 0.3) is 0 Å². The average Bonchev–Trinajstić information content (AvgIpc) is 3.61. The zero-order chi connectivity index (χ0) is 22.4. The van der Waals surface area contributed by atoms with E-state index in [4.69, 9.17) is 14.2 Å². The van der Waals surface area contributed by atoms with Crippen molar-refractivity contribution in [1.29, 1.82) is 0 Å². The van der Waals surface area contributed by atoms with Gasteiger partial charge in [-0.2, -0.15) is 0 Å². The van der Waals surface area contributed by atoms with Gasteiger partial charge in [-0.3, -0.25) is 9.59 Å². The third-order valence-corrected chi connectivity index (χ3v) is 4.96. The predicted octanol–water partition coefficient (Wildman–Crippen LogP) is 3.09. The molecule has 2 N–H and O–H groups in total. The van der Waals surface area contributed by atoms with Gasteiger partial charge >= 0.3 is 5.97 Å². The van der Waals surface area contributed by atoms with Gasteiger partial charge in [0, 0.05) is 19.1 Å². The minimum atomic E-state index is -0.762. The monoisotopic (exact) mass is 426 g/mol. The van der Waals surface area contributed by atoms with Crippen LogP contribution in [0.3, 0.4) is 0 Å². The number of rotatable bonds is 9. The zero-order valence-corrected chi connectivity index (χ0v) is 17.8. The molecule has 1 unspecified atom stereocenters. The summed E-state index contributed by atoms with van der Waals surface area (Å²) < 4.78 is 15.7. The lowest BCUT2D eigenvalue weighted by molar-refractivity contribution is -0.125. The topological polar surface area (TPSA) is 103 Å². The Kier molecular flexibility index (Phi) is 7.12. The molecule has 0 saturated heterocycles. The van der Waals surface area contributed by atoms with E-state index in [1.54, 1.807) is 0 Å². The van der Waals surface area contributed by atoms with Gasteiger partial charge in [0.15, 0.2) is 18.1 Å². The van der Waals surface area contributed by atoms with E-state index < -0.39 is 18.5 Å². The fourth-order valence-corrected chi connectivity index (χ4v) is 3.33. The Bertz CT molecular complexity index is 956. The molecule has 0 bridgehead atoms. The molecule has 3 rings (SSSR count). The number of nitrogens with one attached hydrogen (secondary N) is 2. The third kappa shape index (κ3) is 5.75. The van der Waals surface area contributed by atoms with Crippen LogP contribution in [-0.4, -0.2) is 38.6 Å². The number of esters is 1. The Morgan fingerprint density at radius 2 is 1.68 bits per heavy atom. The quantitative estimate of drug-likeness (QED) is 0.598. The van der Waals surface area contributed by atoms with Crippen LogP contribution in [0.2, 0.25) is 0 Å². The van der Waals surface area contributed by atoms with Gasteiger partial charge in [0.1, 0.15) is 0 Å². The molecule has 2 aromatic carbocycles. The minimum Gasteiger partial charge on any atom is -0.493 e. The van der Waals surface area contributed by atoms with E-state index in [0.29, 0.717) is 17.4 Å². The number of benzene rings is 2. The molecular formula is C23H26N2O6. The van der Waals surface area contributed by atoms with E-state index in [1.807, 2.05) is 30.3 Å². The second-order valence-electron chi connectivity index (χ2n) is 7.30. The molecule has 31 heavy (non-hydrogen) atoms. The van der Waals surface area contributed by atoms with Crippen molar-refractivity contribution in [3.05, 3.63) is 53.6 Å². The summed E-state index contributed by atoms with van der Waals surface area (Å²) >= 11 is 0. The summed E-state index contributed by atoms with van der Waals surface area (Å²) in [6.45, 7) is 0.879. The molecule has 0 aromatic heterocycles. The molecule has 1 saturated carbocycles. The molecule has 8 heteroatoms. The molecular weight excluding hydrogens is 400 g/mol. The lowest BCUT2D eigenvalue weighted by atomic mass is 10.0. The Hall–Kier alpha value is -3.55. The first-order valence-corrected chi connectivity index (χ1v) is 9.98. The van der Waals surface area contributed by atoms with Gasteiger partial charge in [-0.25, -0.2) is 4.79 Å². The van der Waals surface area contributed by atoms with E-state index in [0.717, 1.165) is 18.4 Å². The fraction of sp³-hybridized carbons (Fsp3) is 0.348. The van der Waals surface area contributed by atoms with Crippen molar-refractivity contribution in [2.45, 2.75) is 25.8 Å². The first-order chi connectivity index (χ1) is 14.9. The Balaban J connectivity index is 1.69. The second kappa shape index (κ2) is 9.97. The molecule has 2 aromatic rings. The number of amides is 2. The van der Waals surface area contributed by atoms with E-state index >= 15 is 0 Å². The summed E-state index contributed by atoms with van der Waals surface area (Å²) in [5, 5.41) is 5.53. The van der Waals surface area contributed by atoms with Crippen LogP contribution in [-0.2, 0) is 14.3 Å². The number of carbonyl (C=O) groups excluding carboxylic acids is 3. The molecule has 164 valence electrons.